The lowest BCUT2D eigenvalue weighted by Crippen LogP contribution is -2.37. The summed E-state index contributed by atoms with van der Waals surface area (Å²) < 4.78 is 6.04. The summed E-state index contributed by atoms with van der Waals surface area (Å²) in [6, 6.07) is 24.9. The van der Waals surface area contributed by atoms with E-state index in [-0.39, 0.29) is 12.3 Å². The molecule has 4 aromatic rings. The second kappa shape index (κ2) is 14.3. The molecule has 0 spiro atoms. The Balaban J connectivity index is 1.51. The quantitative estimate of drug-likeness (QED) is 0.149. The second-order valence-corrected chi connectivity index (χ2v) is 10.1. The van der Waals surface area contributed by atoms with Gasteiger partial charge in [0.15, 0.2) is 0 Å². The van der Waals surface area contributed by atoms with E-state index in [1.807, 2.05) is 78.2 Å². The zero-order valence-corrected chi connectivity index (χ0v) is 22.6. The Labute approximate surface area is 234 Å². The van der Waals surface area contributed by atoms with Crippen molar-refractivity contribution >= 4 is 31.1 Å². The summed E-state index contributed by atoms with van der Waals surface area (Å²) in [5.74, 6) is -1.07. The van der Waals surface area contributed by atoms with Crippen molar-refractivity contribution in [3.05, 3.63) is 107 Å². The molecule has 1 amide bonds. The Morgan fingerprint density at radius 2 is 1.74 bits per heavy atom. The highest BCUT2D eigenvalue weighted by Crippen LogP contribution is 2.30. The summed E-state index contributed by atoms with van der Waals surface area (Å²) >= 11 is 1.66. The Morgan fingerprint density at radius 3 is 2.46 bits per heavy atom. The van der Waals surface area contributed by atoms with Gasteiger partial charge in [0.25, 0.3) is 5.91 Å². The standard InChI is InChI=1S/C31H31BN2O4S/c32-30(26-10-3-4-11-27(26)38-21-7-1-2-13-29(35)36)34(20-18-25-9-5-6-19-33-25)31(37)24-16-14-23(15-17-24)28-12-8-22-39-28/h3-6,8-12,14-17,19,22,30H,1-2,7,13,18,20-21H2,(H,35,36). The third kappa shape index (κ3) is 8.04. The molecule has 0 aliphatic carbocycles. The maximum absolute atomic E-state index is 13.8. The van der Waals surface area contributed by atoms with Gasteiger partial charge in [-0.2, -0.15) is 0 Å². The van der Waals surface area contributed by atoms with E-state index in [9.17, 15) is 9.59 Å². The minimum absolute atomic E-state index is 0.156. The Kier molecular flexibility index (Phi) is 10.3. The lowest BCUT2D eigenvalue weighted by atomic mass is 9.86. The number of thiophene rings is 1. The molecule has 0 aliphatic heterocycles. The Hall–Kier alpha value is -3.91. The largest absolute Gasteiger partial charge is 0.493 e. The molecule has 1 atom stereocenters. The molecule has 8 heteroatoms. The summed E-state index contributed by atoms with van der Waals surface area (Å²) in [6.07, 6.45) is 4.56. The number of para-hydroxylation sites is 1. The number of hydrogen-bond acceptors (Lipinski definition) is 5. The molecule has 0 saturated heterocycles. The summed E-state index contributed by atoms with van der Waals surface area (Å²) in [4.78, 5) is 31.8. The van der Waals surface area contributed by atoms with Crippen LogP contribution in [0.1, 0.15) is 53.2 Å². The average molecular weight is 538 g/mol. The van der Waals surface area contributed by atoms with Gasteiger partial charge in [0.2, 0.25) is 0 Å². The van der Waals surface area contributed by atoms with E-state index in [1.54, 1.807) is 22.4 Å². The highest BCUT2D eigenvalue weighted by Gasteiger charge is 2.25. The minimum Gasteiger partial charge on any atom is -0.493 e. The summed E-state index contributed by atoms with van der Waals surface area (Å²) in [5.41, 5.74) is 3.21. The first kappa shape index (κ1) is 28.1. The van der Waals surface area contributed by atoms with Crippen LogP contribution >= 0.6 is 11.3 Å². The molecule has 2 radical (unpaired) electrons. The van der Waals surface area contributed by atoms with Crippen molar-refractivity contribution in [3.8, 4) is 16.2 Å². The van der Waals surface area contributed by atoms with Crippen molar-refractivity contribution in [1.29, 1.82) is 0 Å². The van der Waals surface area contributed by atoms with Crippen LogP contribution in [0.4, 0.5) is 0 Å². The molecule has 2 heterocycles. The molecule has 0 saturated carbocycles. The highest BCUT2D eigenvalue weighted by molar-refractivity contribution is 7.13. The van der Waals surface area contributed by atoms with Gasteiger partial charge in [0, 0.05) is 53.2 Å². The highest BCUT2D eigenvalue weighted by atomic mass is 32.1. The van der Waals surface area contributed by atoms with Gasteiger partial charge < -0.3 is 14.7 Å². The lowest BCUT2D eigenvalue weighted by molar-refractivity contribution is -0.137. The number of carbonyl (C=O) groups is 2. The number of carboxylic acid groups (broad SMARTS) is 1. The van der Waals surface area contributed by atoms with Gasteiger partial charge in [-0.25, -0.2) is 0 Å². The van der Waals surface area contributed by atoms with Crippen LogP contribution in [0.15, 0.2) is 90.4 Å². The summed E-state index contributed by atoms with van der Waals surface area (Å²) in [6.45, 7) is 0.822. The van der Waals surface area contributed by atoms with Crippen LogP contribution in [0.5, 0.6) is 5.75 Å². The SMILES string of the molecule is [B]C(c1ccccc1OCCCCCC(=O)O)N(CCc1ccccn1)C(=O)c1ccc(-c2cccs2)cc1. The first-order chi connectivity index (χ1) is 19.0. The molecule has 0 aliphatic rings. The van der Waals surface area contributed by atoms with Crippen molar-refractivity contribution in [3.63, 3.8) is 0 Å². The van der Waals surface area contributed by atoms with E-state index in [0.717, 1.165) is 29.0 Å². The van der Waals surface area contributed by atoms with E-state index in [2.05, 4.69) is 11.1 Å². The number of amides is 1. The molecular weight excluding hydrogens is 507 g/mol. The number of carbonyl (C=O) groups excluding carboxylic acids is 1. The van der Waals surface area contributed by atoms with Crippen molar-refractivity contribution in [1.82, 2.24) is 9.88 Å². The van der Waals surface area contributed by atoms with Crippen LogP contribution < -0.4 is 4.74 Å². The molecular formula is C31H31BN2O4S. The molecule has 4 rings (SSSR count). The lowest BCUT2D eigenvalue weighted by Gasteiger charge is -2.31. The first-order valence-corrected chi connectivity index (χ1v) is 13.9. The van der Waals surface area contributed by atoms with Crippen LogP contribution in [0.2, 0.25) is 0 Å². The van der Waals surface area contributed by atoms with Crippen LogP contribution in [-0.2, 0) is 11.2 Å². The second-order valence-electron chi connectivity index (χ2n) is 9.16. The van der Waals surface area contributed by atoms with Crippen molar-refractivity contribution < 1.29 is 19.4 Å². The van der Waals surface area contributed by atoms with Crippen molar-refractivity contribution in [2.45, 2.75) is 38.0 Å². The molecule has 0 fully saturated rings. The van der Waals surface area contributed by atoms with Crippen LogP contribution in [0.25, 0.3) is 10.4 Å². The number of aromatic nitrogens is 1. The topological polar surface area (TPSA) is 79.7 Å². The predicted molar refractivity (Wildman–Crippen MR) is 155 cm³/mol. The number of hydrogen-bond donors (Lipinski definition) is 1. The van der Waals surface area contributed by atoms with Crippen LogP contribution in [0, 0.1) is 0 Å². The number of nitrogens with zero attached hydrogens (tertiary/aromatic N) is 2. The Morgan fingerprint density at radius 1 is 0.949 bits per heavy atom. The number of carboxylic acids is 1. The zero-order chi connectivity index (χ0) is 27.5. The Bertz CT molecular complexity index is 1330. The number of ether oxygens (including phenoxy) is 1. The van der Waals surface area contributed by atoms with Gasteiger partial charge in [0.1, 0.15) is 13.6 Å². The van der Waals surface area contributed by atoms with Crippen LogP contribution in [0.3, 0.4) is 0 Å². The van der Waals surface area contributed by atoms with Gasteiger partial charge in [-0.3, -0.25) is 14.6 Å². The fourth-order valence-corrected chi connectivity index (χ4v) is 5.03. The van der Waals surface area contributed by atoms with E-state index < -0.39 is 11.9 Å². The minimum atomic E-state index is -0.788. The fraction of sp³-hybridized carbons (Fsp3) is 0.258. The van der Waals surface area contributed by atoms with Crippen molar-refractivity contribution in [2.24, 2.45) is 0 Å². The van der Waals surface area contributed by atoms with Crippen LogP contribution in [-0.4, -0.2) is 47.9 Å². The average Bonchev–Trinajstić information content (AvgIpc) is 3.51. The van der Waals surface area contributed by atoms with E-state index in [4.69, 9.17) is 17.7 Å². The monoisotopic (exact) mass is 538 g/mol. The smallest absolute Gasteiger partial charge is 0.303 e. The third-order valence-electron chi connectivity index (χ3n) is 6.40. The van der Waals surface area contributed by atoms with Gasteiger partial charge in [0.05, 0.1) is 6.61 Å². The third-order valence-corrected chi connectivity index (χ3v) is 7.32. The summed E-state index contributed by atoms with van der Waals surface area (Å²) in [5, 5.41) is 10.8. The molecule has 2 aromatic carbocycles. The van der Waals surface area contributed by atoms with E-state index in [1.165, 1.54) is 0 Å². The number of rotatable bonds is 14. The number of pyridine rings is 1. The van der Waals surface area contributed by atoms with Gasteiger partial charge in [-0.1, -0.05) is 42.5 Å². The van der Waals surface area contributed by atoms with E-state index in [0.29, 0.717) is 42.9 Å². The van der Waals surface area contributed by atoms with Gasteiger partial charge >= 0.3 is 5.97 Å². The summed E-state index contributed by atoms with van der Waals surface area (Å²) in [7, 11) is 6.78. The molecule has 1 N–H and O–H groups in total. The molecule has 6 nitrogen and oxygen atoms in total. The number of benzene rings is 2. The first-order valence-electron chi connectivity index (χ1n) is 13.1. The van der Waals surface area contributed by atoms with Crippen molar-refractivity contribution in [2.75, 3.05) is 13.2 Å². The molecule has 1 unspecified atom stereocenters. The fourth-order valence-electron chi connectivity index (χ4n) is 4.30. The zero-order valence-electron chi connectivity index (χ0n) is 21.7. The maximum atomic E-state index is 13.8. The molecule has 198 valence electrons. The number of unbranched alkanes of at least 4 members (excludes halogenated alkanes) is 2. The normalized spacial score (nSPS) is 11.6. The predicted octanol–water partition coefficient (Wildman–Crippen LogP) is 6.39. The van der Waals surface area contributed by atoms with Gasteiger partial charge in [-0.05, 0) is 66.6 Å². The number of aliphatic carboxylic acids is 1. The molecule has 39 heavy (non-hydrogen) atoms. The molecule has 0 bridgehead atoms. The maximum Gasteiger partial charge on any atom is 0.303 e. The van der Waals surface area contributed by atoms with Gasteiger partial charge in [-0.15, -0.1) is 11.3 Å². The van der Waals surface area contributed by atoms with E-state index >= 15 is 0 Å². The molecule has 2 aromatic heterocycles.